The third-order valence-corrected chi connectivity index (χ3v) is 5.46. The van der Waals surface area contributed by atoms with Gasteiger partial charge in [0.1, 0.15) is 0 Å². The number of hydrogen-bond donors (Lipinski definition) is 2. The molecule has 0 saturated carbocycles. The van der Waals surface area contributed by atoms with Crippen LogP contribution in [-0.2, 0) is 6.42 Å². The van der Waals surface area contributed by atoms with Gasteiger partial charge in [-0.15, -0.1) is 0 Å². The van der Waals surface area contributed by atoms with Gasteiger partial charge >= 0.3 is 0 Å². The molecule has 1 aliphatic heterocycles. The molecule has 27 heavy (non-hydrogen) atoms. The van der Waals surface area contributed by atoms with Crippen LogP contribution in [0, 0.1) is 0 Å². The highest BCUT2D eigenvalue weighted by atomic mass is 16.3. The first-order chi connectivity index (χ1) is 13.0. The molecule has 4 nitrogen and oxygen atoms in total. The molecule has 1 fully saturated rings. The van der Waals surface area contributed by atoms with Gasteiger partial charge in [0.15, 0.2) is 0 Å². The Hall–Kier alpha value is -2.17. The fraction of sp³-hybridized carbons (Fsp3) is 0.435. The highest BCUT2D eigenvalue weighted by Gasteiger charge is 2.31. The molecule has 2 aromatic carbocycles. The Bertz CT molecular complexity index is 754. The van der Waals surface area contributed by atoms with E-state index >= 15 is 0 Å². The predicted octanol–water partition coefficient (Wildman–Crippen LogP) is 3.66. The largest absolute Gasteiger partial charge is 0.393 e. The van der Waals surface area contributed by atoms with E-state index in [2.05, 4.69) is 31.2 Å². The predicted molar refractivity (Wildman–Crippen MR) is 108 cm³/mol. The summed E-state index contributed by atoms with van der Waals surface area (Å²) in [6.45, 7) is 3.01. The van der Waals surface area contributed by atoms with E-state index in [1.165, 1.54) is 5.56 Å². The highest BCUT2D eigenvalue weighted by molar-refractivity contribution is 5.94. The monoisotopic (exact) mass is 367 g/mol. The van der Waals surface area contributed by atoms with E-state index in [-0.39, 0.29) is 12.5 Å². The number of likely N-dealkylation sites (tertiary alicyclic amines) is 1. The Morgan fingerprint density at radius 3 is 2.22 bits per heavy atom. The van der Waals surface area contributed by atoms with Gasteiger partial charge in [-0.25, -0.2) is 0 Å². The third kappa shape index (κ3) is 4.76. The number of aryl methyl sites for hydroxylation is 1. The number of carbonyl (C=O) groups is 1. The quantitative estimate of drug-likeness (QED) is 0.848. The van der Waals surface area contributed by atoms with Crippen molar-refractivity contribution in [2.24, 2.45) is 0 Å². The molecular weight excluding hydrogens is 338 g/mol. The number of aliphatic hydroxyl groups is 2. The Labute approximate surface area is 161 Å². The van der Waals surface area contributed by atoms with E-state index in [0.717, 1.165) is 24.0 Å². The summed E-state index contributed by atoms with van der Waals surface area (Å²) in [6.07, 6.45) is 3.87. The van der Waals surface area contributed by atoms with Gasteiger partial charge in [-0.2, -0.15) is 0 Å². The van der Waals surface area contributed by atoms with E-state index in [1.807, 2.05) is 24.3 Å². The molecular formula is C23H29NO3. The van der Waals surface area contributed by atoms with Gasteiger partial charge in [0.2, 0.25) is 0 Å². The lowest BCUT2D eigenvalue weighted by Gasteiger charge is -2.24. The molecule has 1 aliphatic rings. The van der Waals surface area contributed by atoms with Gasteiger partial charge in [-0.3, -0.25) is 4.79 Å². The summed E-state index contributed by atoms with van der Waals surface area (Å²) in [5.41, 5.74) is 3.20. The van der Waals surface area contributed by atoms with Crippen molar-refractivity contribution in [1.29, 1.82) is 0 Å². The summed E-state index contributed by atoms with van der Waals surface area (Å²) in [4.78, 5) is 14.6. The average molecular weight is 367 g/mol. The van der Waals surface area contributed by atoms with E-state index in [4.69, 9.17) is 0 Å². The second-order valence-corrected chi connectivity index (χ2v) is 7.55. The topological polar surface area (TPSA) is 60.8 Å². The summed E-state index contributed by atoms with van der Waals surface area (Å²) in [5.74, 6) is -0.0120. The standard InChI is InChI=1S/C23H29NO3/c1-2-4-18-5-7-19(8-6-18)20-9-11-21(12-10-20)22(26)24-15-3-13-23(27,17-25)14-16-24/h5-12,25,27H,2-4,13-17H2,1H3. The van der Waals surface area contributed by atoms with Crippen molar-refractivity contribution in [2.45, 2.75) is 44.6 Å². The van der Waals surface area contributed by atoms with Crippen LogP contribution >= 0.6 is 0 Å². The zero-order valence-electron chi connectivity index (χ0n) is 16.0. The zero-order chi connectivity index (χ0) is 19.3. The normalized spacial score (nSPS) is 20.3. The van der Waals surface area contributed by atoms with Crippen molar-refractivity contribution < 1.29 is 15.0 Å². The molecule has 1 heterocycles. The molecule has 1 saturated heterocycles. The second kappa shape index (κ2) is 8.68. The lowest BCUT2D eigenvalue weighted by molar-refractivity contribution is -0.0250. The maximum absolute atomic E-state index is 12.8. The van der Waals surface area contributed by atoms with Gasteiger partial charge in [0, 0.05) is 18.7 Å². The average Bonchev–Trinajstić information content (AvgIpc) is 2.91. The molecule has 0 radical (unpaired) electrons. The van der Waals surface area contributed by atoms with Crippen molar-refractivity contribution in [1.82, 2.24) is 4.90 Å². The van der Waals surface area contributed by atoms with Gasteiger partial charge in [-0.05, 0) is 54.5 Å². The minimum atomic E-state index is -1.05. The molecule has 0 aromatic heterocycles. The molecule has 1 unspecified atom stereocenters. The lowest BCUT2D eigenvalue weighted by atomic mass is 9.96. The first-order valence-electron chi connectivity index (χ1n) is 9.86. The van der Waals surface area contributed by atoms with Crippen molar-refractivity contribution >= 4 is 5.91 Å². The van der Waals surface area contributed by atoms with E-state index in [0.29, 0.717) is 37.9 Å². The number of aliphatic hydroxyl groups excluding tert-OH is 1. The van der Waals surface area contributed by atoms with Crippen molar-refractivity contribution in [3.8, 4) is 11.1 Å². The molecule has 0 spiro atoms. The summed E-state index contributed by atoms with van der Waals surface area (Å²) in [6, 6.07) is 16.3. The fourth-order valence-corrected chi connectivity index (χ4v) is 3.68. The minimum absolute atomic E-state index is 0.0120. The Balaban J connectivity index is 1.68. The zero-order valence-corrected chi connectivity index (χ0v) is 16.0. The van der Waals surface area contributed by atoms with Crippen LogP contribution < -0.4 is 0 Å². The third-order valence-electron chi connectivity index (χ3n) is 5.46. The molecule has 3 rings (SSSR count). The van der Waals surface area contributed by atoms with E-state index in [9.17, 15) is 15.0 Å². The van der Waals surface area contributed by atoms with Crippen LogP contribution in [0.2, 0.25) is 0 Å². The second-order valence-electron chi connectivity index (χ2n) is 7.55. The van der Waals surface area contributed by atoms with Crippen LogP contribution in [0.25, 0.3) is 11.1 Å². The molecule has 1 atom stereocenters. The summed E-state index contributed by atoms with van der Waals surface area (Å²) >= 11 is 0. The Morgan fingerprint density at radius 1 is 1.00 bits per heavy atom. The van der Waals surface area contributed by atoms with Crippen molar-refractivity contribution in [3.63, 3.8) is 0 Å². The smallest absolute Gasteiger partial charge is 0.253 e. The first kappa shape index (κ1) is 19.6. The lowest BCUT2D eigenvalue weighted by Crippen LogP contribution is -2.36. The van der Waals surface area contributed by atoms with Crippen molar-refractivity contribution in [2.75, 3.05) is 19.7 Å². The van der Waals surface area contributed by atoms with E-state index < -0.39 is 5.60 Å². The van der Waals surface area contributed by atoms with Gasteiger partial charge in [0.25, 0.3) is 5.91 Å². The van der Waals surface area contributed by atoms with Crippen LogP contribution in [0.3, 0.4) is 0 Å². The van der Waals surface area contributed by atoms with Gasteiger partial charge < -0.3 is 15.1 Å². The molecule has 0 bridgehead atoms. The number of hydrogen-bond acceptors (Lipinski definition) is 3. The Kier molecular flexibility index (Phi) is 6.30. The number of rotatable bonds is 5. The maximum atomic E-state index is 12.8. The number of benzene rings is 2. The molecule has 144 valence electrons. The molecule has 0 aliphatic carbocycles. The molecule has 4 heteroatoms. The van der Waals surface area contributed by atoms with Gasteiger partial charge in [-0.1, -0.05) is 49.7 Å². The number of amides is 1. The van der Waals surface area contributed by atoms with Crippen molar-refractivity contribution in [3.05, 3.63) is 59.7 Å². The van der Waals surface area contributed by atoms with Crippen LogP contribution in [0.1, 0.15) is 48.5 Å². The SMILES string of the molecule is CCCc1ccc(-c2ccc(C(=O)N3CCCC(O)(CO)CC3)cc2)cc1. The number of nitrogens with zero attached hydrogens (tertiary/aromatic N) is 1. The van der Waals surface area contributed by atoms with Gasteiger partial charge in [0.05, 0.1) is 12.2 Å². The van der Waals surface area contributed by atoms with Crippen LogP contribution in [0.15, 0.2) is 48.5 Å². The summed E-state index contributed by atoms with van der Waals surface area (Å²) < 4.78 is 0. The first-order valence-corrected chi connectivity index (χ1v) is 9.86. The minimum Gasteiger partial charge on any atom is -0.393 e. The number of carbonyl (C=O) groups excluding carboxylic acids is 1. The highest BCUT2D eigenvalue weighted by Crippen LogP contribution is 2.24. The molecule has 2 aromatic rings. The van der Waals surface area contributed by atoms with Crippen LogP contribution in [0.4, 0.5) is 0 Å². The maximum Gasteiger partial charge on any atom is 0.253 e. The summed E-state index contributed by atoms with van der Waals surface area (Å²) in [5, 5.41) is 19.6. The Morgan fingerprint density at radius 2 is 1.63 bits per heavy atom. The summed E-state index contributed by atoms with van der Waals surface area (Å²) in [7, 11) is 0. The van der Waals surface area contributed by atoms with E-state index in [1.54, 1.807) is 4.90 Å². The molecule has 2 N–H and O–H groups in total. The fourth-order valence-electron chi connectivity index (χ4n) is 3.68. The van der Waals surface area contributed by atoms with Crippen LogP contribution in [0.5, 0.6) is 0 Å². The van der Waals surface area contributed by atoms with Crippen LogP contribution in [-0.4, -0.2) is 46.3 Å². The molecule has 1 amide bonds.